The SMILES string of the molecule is CC(C)NC(=O)Cn1cc(C(=O)N2CCC(CCO)C2)nc1-c1cccc(Cl)c1. The molecule has 1 aliphatic heterocycles. The Morgan fingerprint density at radius 1 is 1.38 bits per heavy atom. The Morgan fingerprint density at radius 2 is 2.17 bits per heavy atom. The van der Waals surface area contributed by atoms with Gasteiger partial charge in [0.1, 0.15) is 18.1 Å². The van der Waals surface area contributed by atoms with Gasteiger partial charge in [0.15, 0.2) is 0 Å². The standard InChI is InChI=1S/C21H27ClN4O3/c1-14(2)23-19(28)13-26-12-18(21(29)25-8-6-15(11-25)7-9-27)24-20(26)16-4-3-5-17(22)10-16/h3-5,10,12,14-15,27H,6-9,11,13H2,1-2H3,(H,23,28). The number of benzene rings is 1. The molecule has 2 heterocycles. The average Bonchev–Trinajstić information content (AvgIpc) is 3.28. The molecule has 2 amide bonds. The number of rotatable bonds is 7. The number of carbonyl (C=O) groups excluding carboxylic acids is 2. The lowest BCUT2D eigenvalue weighted by Gasteiger charge is -2.14. The first-order valence-electron chi connectivity index (χ1n) is 9.90. The third kappa shape index (κ3) is 5.36. The van der Waals surface area contributed by atoms with E-state index in [9.17, 15) is 9.59 Å². The van der Waals surface area contributed by atoms with Crippen LogP contribution in [0.5, 0.6) is 0 Å². The summed E-state index contributed by atoms with van der Waals surface area (Å²) in [6, 6.07) is 7.22. The van der Waals surface area contributed by atoms with Gasteiger partial charge < -0.3 is 19.9 Å². The molecule has 0 radical (unpaired) electrons. The van der Waals surface area contributed by atoms with Crippen LogP contribution in [0.25, 0.3) is 11.4 Å². The number of likely N-dealkylation sites (tertiary alicyclic amines) is 1. The largest absolute Gasteiger partial charge is 0.396 e. The van der Waals surface area contributed by atoms with Crippen LogP contribution < -0.4 is 5.32 Å². The molecule has 156 valence electrons. The van der Waals surface area contributed by atoms with Gasteiger partial charge in [-0.2, -0.15) is 0 Å². The molecule has 0 saturated carbocycles. The number of aliphatic hydroxyl groups excluding tert-OH is 1. The van der Waals surface area contributed by atoms with Crippen molar-refractivity contribution in [3.63, 3.8) is 0 Å². The number of amides is 2. The number of halogens is 1. The lowest BCUT2D eigenvalue weighted by molar-refractivity contribution is -0.122. The first kappa shape index (κ1) is 21.3. The van der Waals surface area contributed by atoms with E-state index in [4.69, 9.17) is 16.7 Å². The summed E-state index contributed by atoms with van der Waals surface area (Å²) in [7, 11) is 0. The number of imidazole rings is 1. The summed E-state index contributed by atoms with van der Waals surface area (Å²) in [5, 5.41) is 12.6. The average molecular weight is 419 g/mol. The molecule has 2 N–H and O–H groups in total. The van der Waals surface area contributed by atoms with Crippen molar-refractivity contribution >= 4 is 23.4 Å². The Bertz CT molecular complexity index is 881. The van der Waals surface area contributed by atoms with E-state index in [0.29, 0.717) is 42.0 Å². The highest BCUT2D eigenvalue weighted by atomic mass is 35.5. The van der Waals surface area contributed by atoms with E-state index in [1.807, 2.05) is 26.0 Å². The molecule has 2 aromatic rings. The fourth-order valence-corrected chi connectivity index (χ4v) is 3.81. The molecule has 29 heavy (non-hydrogen) atoms. The van der Waals surface area contributed by atoms with Crippen LogP contribution in [0.4, 0.5) is 0 Å². The van der Waals surface area contributed by atoms with E-state index < -0.39 is 0 Å². The molecule has 8 heteroatoms. The summed E-state index contributed by atoms with van der Waals surface area (Å²) >= 11 is 6.13. The maximum Gasteiger partial charge on any atom is 0.274 e. The highest BCUT2D eigenvalue weighted by molar-refractivity contribution is 6.30. The van der Waals surface area contributed by atoms with Crippen molar-refractivity contribution in [1.82, 2.24) is 19.8 Å². The molecule has 1 aromatic carbocycles. The highest BCUT2D eigenvalue weighted by Gasteiger charge is 2.29. The Kier molecular flexibility index (Phi) is 6.92. The molecule has 1 saturated heterocycles. The smallest absolute Gasteiger partial charge is 0.274 e. The molecule has 7 nitrogen and oxygen atoms in total. The minimum Gasteiger partial charge on any atom is -0.396 e. The van der Waals surface area contributed by atoms with Crippen LogP contribution in [0.3, 0.4) is 0 Å². The predicted molar refractivity (Wildman–Crippen MR) is 112 cm³/mol. The molecule has 1 aliphatic rings. The van der Waals surface area contributed by atoms with Gasteiger partial charge in [-0.25, -0.2) is 4.98 Å². The van der Waals surface area contributed by atoms with Gasteiger partial charge in [-0.15, -0.1) is 0 Å². The Balaban J connectivity index is 1.87. The molecule has 1 unspecified atom stereocenters. The van der Waals surface area contributed by atoms with Crippen molar-refractivity contribution in [2.75, 3.05) is 19.7 Å². The van der Waals surface area contributed by atoms with Crippen LogP contribution >= 0.6 is 11.6 Å². The Hall–Kier alpha value is -2.38. The summed E-state index contributed by atoms with van der Waals surface area (Å²) in [4.78, 5) is 31.6. The van der Waals surface area contributed by atoms with E-state index >= 15 is 0 Å². The number of nitrogens with zero attached hydrogens (tertiary/aromatic N) is 3. The Morgan fingerprint density at radius 3 is 2.86 bits per heavy atom. The fraction of sp³-hybridized carbons (Fsp3) is 0.476. The molecule has 1 aromatic heterocycles. The summed E-state index contributed by atoms with van der Waals surface area (Å²) in [5.74, 6) is 0.539. The van der Waals surface area contributed by atoms with Crippen molar-refractivity contribution in [2.45, 2.75) is 39.3 Å². The number of hydrogen-bond donors (Lipinski definition) is 2. The summed E-state index contributed by atoms with van der Waals surface area (Å²) in [5.41, 5.74) is 1.05. The van der Waals surface area contributed by atoms with Crippen molar-refractivity contribution in [2.24, 2.45) is 5.92 Å². The van der Waals surface area contributed by atoms with Gasteiger partial charge in [0.05, 0.1) is 0 Å². The zero-order valence-electron chi connectivity index (χ0n) is 16.8. The van der Waals surface area contributed by atoms with Gasteiger partial charge in [0.2, 0.25) is 5.91 Å². The van der Waals surface area contributed by atoms with E-state index in [2.05, 4.69) is 10.3 Å². The minimum absolute atomic E-state index is 0.0230. The molecular weight excluding hydrogens is 392 g/mol. The van der Waals surface area contributed by atoms with Crippen molar-refractivity contribution in [3.8, 4) is 11.4 Å². The first-order chi connectivity index (χ1) is 13.9. The van der Waals surface area contributed by atoms with E-state index in [1.54, 1.807) is 27.8 Å². The monoisotopic (exact) mass is 418 g/mol. The second kappa shape index (κ2) is 9.41. The number of aromatic nitrogens is 2. The molecule has 1 atom stereocenters. The quantitative estimate of drug-likeness (QED) is 0.723. The van der Waals surface area contributed by atoms with Gasteiger partial charge in [0, 0.05) is 42.5 Å². The number of hydrogen-bond acceptors (Lipinski definition) is 4. The topological polar surface area (TPSA) is 87.5 Å². The van der Waals surface area contributed by atoms with Crippen LogP contribution in [0.15, 0.2) is 30.5 Å². The molecular formula is C21H27ClN4O3. The van der Waals surface area contributed by atoms with Gasteiger partial charge in [-0.1, -0.05) is 23.7 Å². The number of carbonyl (C=O) groups is 2. The van der Waals surface area contributed by atoms with E-state index in [0.717, 1.165) is 12.0 Å². The van der Waals surface area contributed by atoms with Crippen LogP contribution in [-0.2, 0) is 11.3 Å². The lowest BCUT2D eigenvalue weighted by atomic mass is 10.1. The van der Waals surface area contributed by atoms with Crippen LogP contribution in [0, 0.1) is 5.92 Å². The van der Waals surface area contributed by atoms with Crippen molar-refractivity contribution < 1.29 is 14.7 Å². The fourth-order valence-electron chi connectivity index (χ4n) is 3.62. The minimum atomic E-state index is -0.156. The molecule has 0 bridgehead atoms. The Labute approximate surface area is 175 Å². The maximum atomic E-state index is 13.0. The number of nitrogens with one attached hydrogen (secondary N) is 1. The van der Waals surface area contributed by atoms with Gasteiger partial charge in [0.25, 0.3) is 5.91 Å². The van der Waals surface area contributed by atoms with Crippen LogP contribution in [0.1, 0.15) is 37.2 Å². The second-order valence-electron chi connectivity index (χ2n) is 7.73. The van der Waals surface area contributed by atoms with Crippen LogP contribution in [-0.4, -0.2) is 57.1 Å². The zero-order valence-corrected chi connectivity index (χ0v) is 17.5. The lowest BCUT2D eigenvalue weighted by Crippen LogP contribution is -2.33. The first-order valence-corrected chi connectivity index (χ1v) is 10.3. The highest BCUT2D eigenvalue weighted by Crippen LogP contribution is 2.25. The van der Waals surface area contributed by atoms with Gasteiger partial charge in [-0.05, 0) is 44.7 Å². The molecule has 3 rings (SSSR count). The van der Waals surface area contributed by atoms with Crippen molar-refractivity contribution in [3.05, 3.63) is 41.2 Å². The second-order valence-corrected chi connectivity index (χ2v) is 8.16. The summed E-state index contributed by atoms with van der Waals surface area (Å²) < 4.78 is 1.69. The summed E-state index contributed by atoms with van der Waals surface area (Å²) in [6.45, 7) is 5.26. The van der Waals surface area contributed by atoms with Crippen LogP contribution in [0.2, 0.25) is 5.02 Å². The molecule has 0 aliphatic carbocycles. The summed E-state index contributed by atoms with van der Waals surface area (Å²) in [6.07, 6.45) is 3.21. The molecule has 0 spiro atoms. The van der Waals surface area contributed by atoms with Crippen molar-refractivity contribution in [1.29, 1.82) is 0 Å². The third-order valence-corrected chi connectivity index (χ3v) is 5.19. The molecule has 1 fully saturated rings. The predicted octanol–water partition coefficient (Wildman–Crippen LogP) is 2.57. The van der Waals surface area contributed by atoms with Gasteiger partial charge in [-0.3, -0.25) is 9.59 Å². The third-order valence-electron chi connectivity index (χ3n) is 4.95. The number of aliphatic hydroxyl groups is 1. The van der Waals surface area contributed by atoms with E-state index in [1.165, 1.54) is 0 Å². The zero-order chi connectivity index (χ0) is 21.0. The maximum absolute atomic E-state index is 13.0. The van der Waals surface area contributed by atoms with Gasteiger partial charge >= 0.3 is 0 Å². The normalized spacial score (nSPS) is 16.4. The van der Waals surface area contributed by atoms with E-state index in [-0.39, 0.29) is 31.0 Å².